The minimum Gasteiger partial charge on any atom is -0.477 e. The Hall–Kier alpha value is -1.36. The molecule has 0 bridgehead atoms. The third kappa shape index (κ3) is 3.46. The van der Waals surface area contributed by atoms with Crippen LogP contribution in [0.5, 0.6) is 5.88 Å². The molecule has 0 aliphatic heterocycles. The molecule has 0 N–H and O–H groups in total. The van der Waals surface area contributed by atoms with Gasteiger partial charge in [-0.15, -0.1) is 11.3 Å². The van der Waals surface area contributed by atoms with Crippen LogP contribution in [0.1, 0.15) is 90.0 Å². The van der Waals surface area contributed by atoms with Gasteiger partial charge in [-0.2, -0.15) is 0 Å². The van der Waals surface area contributed by atoms with Crippen molar-refractivity contribution in [3.63, 3.8) is 0 Å². The number of thiazole rings is 1. The minimum atomic E-state index is -0.136. The average Bonchev–Trinajstić information content (AvgIpc) is 3.31. The Bertz CT molecular complexity index is 878. The summed E-state index contributed by atoms with van der Waals surface area (Å²) in [7, 11) is 0. The van der Waals surface area contributed by atoms with Crippen molar-refractivity contribution >= 4 is 17.3 Å². The highest BCUT2D eigenvalue weighted by atomic mass is 32.1. The number of hydrogen-bond donors (Lipinski definition) is 0. The van der Waals surface area contributed by atoms with Crippen LogP contribution in [0.4, 0.5) is 0 Å². The fourth-order valence-electron chi connectivity index (χ4n) is 8.01. The van der Waals surface area contributed by atoms with Gasteiger partial charge < -0.3 is 9.47 Å². The number of nitrogens with zero attached hydrogens (tertiary/aromatic N) is 1. The number of allylic oxidation sites excluding steroid dienone is 1. The van der Waals surface area contributed by atoms with Crippen molar-refractivity contribution in [3.05, 3.63) is 22.0 Å². The van der Waals surface area contributed by atoms with Gasteiger partial charge in [-0.05, 0) is 80.5 Å². The van der Waals surface area contributed by atoms with Gasteiger partial charge in [0, 0.05) is 19.3 Å². The Morgan fingerprint density at radius 2 is 2.03 bits per heavy atom. The lowest BCUT2D eigenvalue weighted by Gasteiger charge is -2.58. The summed E-state index contributed by atoms with van der Waals surface area (Å²) in [6.07, 6.45) is 12.2. The van der Waals surface area contributed by atoms with Crippen molar-refractivity contribution in [1.29, 1.82) is 0 Å². The van der Waals surface area contributed by atoms with E-state index in [1.165, 1.54) is 44.0 Å². The molecule has 1 aromatic rings. The molecule has 170 valence electrons. The zero-order chi connectivity index (χ0) is 21.8. The first-order valence-electron chi connectivity index (χ1n) is 12.3. The number of carbonyl (C=O) groups is 1. The van der Waals surface area contributed by atoms with Crippen LogP contribution in [0, 0.1) is 28.6 Å². The van der Waals surface area contributed by atoms with E-state index in [4.69, 9.17) is 14.5 Å². The fraction of sp³-hybridized carbons (Fsp3) is 0.769. The predicted octanol–water partition coefficient (Wildman–Crippen LogP) is 6.52. The Labute approximate surface area is 190 Å². The highest BCUT2D eigenvalue weighted by Crippen LogP contribution is 2.68. The van der Waals surface area contributed by atoms with Crippen molar-refractivity contribution in [2.75, 3.05) is 6.61 Å². The van der Waals surface area contributed by atoms with E-state index in [1.54, 1.807) is 16.9 Å². The van der Waals surface area contributed by atoms with Gasteiger partial charge in [-0.1, -0.05) is 25.5 Å². The van der Waals surface area contributed by atoms with Gasteiger partial charge in [0.25, 0.3) is 0 Å². The summed E-state index contributed by atoms with van der Waals surface area (Å²) >= 11 is 1.80. The van der Waals surface area contributed by atoms with Crippen molar-refractivity contribution in [2.45, 2.75) is 91.1 Å². The van der Waals surface area contributed by atoms with Gasteiger partial charge in [0.15, 0.2) is 0 Å². The molecule has 3 saturated carbocycles. The molecule has 0 aromatic carbocycles. The zero-order valence-corrected chi connectivity index (χ0v) is 20.3. The van der Waals surface area contributed by atoms with E-state index in [9.17, 15) is 4.79 Å². The van der Waals surface area contributed by atoms with Gasteiger partial charge >= 0.3 is 5.97 Å². The molecule has 0 amide bonds. The third-order valence-corrected chi connectivity index (χ3v) is 10.4. The molecule has 0 unspecified atom stereocenters. The van der Waals surface area contributed by atoms with Gasteiger partial charge in [0.05, 0.1) is 12.0 Å². The van der Waals surface area contributed by atoms with E-state index in [1.807, 2.05) is 6.92 Å². The molecule has 1 aromatic heterocycles. The Balaban J connectivity index is 1.37. The van der Waals surface area contributed by atoms with Gasteiger partial charge in [-0.25, -0.2) is 4.98 Å². The summed E-state index contributed by atoms with van der Waals surface area (Å²) in [4.78, 5) is 16.3. The average molecular weight is 444 g/mol. The van der Waals surface area contributed by atoms with Gasteiger partial charge in [0.1, 0.15) is 11.1 Å². The normalized spacial score (nSPS) is 41.5. The van der Waals surface area contributed by atoms with E-state index in [0.717, 1.165) is 42.9 Å². The van der Waals surface area contributed by atoms with E-state index in [2.05, 4.69) is 25.3 Å². The number of aromatic nitrogens is 1. The van der Waals surface area contributed by atoms with Crippen molar-refractivity contribution < 1.29 is 14.3 Å². The topological polar surface area (TPSA) is 48.4 Å². The number of esters is 1. The lowest BCUT2D eigenvalue weighted by molar-refractivity contribution is -0.148. The highest BCUT2D eigenvalue weighted by molar-refractivity contribution is 7.09. The lowest BCUT2D eigenvalue weighted by Crippen LogP contribution is -2.50. The maximum atomic E-state index is 11.5. The first kappa shape index (κ1) is 21.5. The van der Waals surface area contributed by atoms with Crippen LogP contribution < -0.4 is 4.74 Å². The second kappa shape index (κ2) is 7.90. The second-order valence-electron chi connectivity index (χ2n) is 10.9. The molecule has 5 rings (SSSR count). The van der Waals surface area contributed by atoms with E-state index < -0.39 is 0 Å². The number of carbonyl (C=O) groups excluding carboxylic acids is 1. The van der Waals surface area contributed by atoms with Crippen LogP contribution in [-0.4, -0.2) is 23.7 Å². The summed E-state index contributed by atoms with van der Waals surface area (Å²) < 4.78 is 11.3. The fourth-order valence-corrected chi connectivity index (χ4v) is 9.05. The second-order valence-corrected chi connectivity index (χ2v) is 11.8. The summed E-state index contributed by atoms with van der Waals surface area (Å²) in [5, 5.41) is 3.39. The lowest BCUT2D eigenvalue weighted by atomic mass is 9.47. The molecular formula is C26H37NO3S. The molecule has 0 spiro atoms. The summed E-state index contributed by atoms with van der Waals surface area (Å²) in [6, 6.07) is 0. The standard InChI is InChI=1S/C26H37NO3S/c1-5-29-23-15-31-24(27-23)22-9-8-20-19-7-6-17-14-18(30-16(2)28)10-12-25(17,3)21(19)11-13-26(20,22)4/h6,15,18-22H,5,7-14H2,1-4H3/t18-,19-,20-,21-,22+,25-,26-/m0/s1. The molecule has 7 atom stereocenters. The minimum absolute atomic E-state index is 0.0857. The molecule has 4 aliphatic carbocycles. The van der Waals surface area contributed by atoms with Crippen LogP contribution >= 0.6 is 11.3 Å². The maximum Gasteiger partial charge on any atom is 0.302 e. The van der Waals surface area contributed by atoms with Crippen molar-refractivity contribution in [2.24, 2.45) is 28.6 Å². The number of ether oxygens (including phenoxy) is 2. The smallest absolute Gasteiger partial charge is 0.302 e. The molecule has 5 heteroatoms. The van der Waals surface area contributed by atoms with Crippen LogP contribution in [0.15, 0.2) is 17.0 Å². The first-order chi connectivity index (χ1) is 14.8. The van der Waals surface area contributed by atoms with Gasteiger partial charge in [0.2, 0.25) is 5.88 Å². The Morgan fingerprint density at radius 3 is 2.81 bits per heavy atom. The number of hydrogen-bond acceptors (Lipinski definition) is 5. The van der Waals surface area contributed by atoms with Crippen molar-refractivity contribution in [1.82, 2.24) is 4.98 Å². The SMILES string of the molecule is CCOc1csc([C@H]2CC[C@H]3[C@@H]4CC=C5C[C@@H](OC(C)=O)CC[C@]5(C)[C@H]4CC[C@]23C)n1. The summed E-state index contributed by atoms with van der Waals surface area (Å²) in [5.41, 5.74) is 2.23. The molecule has 4 aliphatic rings. The number of fused-ring (bicyclic) bond motifs is 5. The number of rotatable bonds is 4. The van der Waals surface area contributed by atoms with Crippen LogP contribution in [0.25, 0.3) is 0 Å². The van der Waals surface area contributed by atoms with E-state index in [-0.39, 0.29) is 12.1 Å². The monoisotopic (exact) mass is 443 g/mol. The largest absolute Gasteiger partial charge is 0.477 e. The molecule has 0 saturated heterocycles. The summed E-state index contributed by atoms with van der Waals surface area (Å²) in [6.45, 7) is 9.33. The van der Waals surface area contributed by atoms with Crippen molar-refractivity contribution in [3.8, 4) is 5.88 Å². The summed E-state index contributed by atoms with van der Waals surface area (Å²) in [5.74, 6) is 3.60. The Morgan fingerprint density at radius 1 is 1.19 bits per heavy atom. The predicted molar refractivity (Wildman–Crippen MR) is 123 cm³/mol. The molecule has 31 heavy (non-hydrogen) atoms. The molecule has 1 heterocycles. The zero-order valence-electron chi connectivity index (χ0n) is 19.5. The quantitative estimate of drug-likeness (QED) is 0.393. The van der Waals surface area contributed by atoms with Crippen LogP contribution in [-0.2, 0) is 9.53 Å². The highest BCUT2D eigenvalue weighted by Gasteiger charge is 2.59. The molecule has 0 radical (unpaired) electrons. The first-order valence-corrected chi connectivity index (χ1v) is 13.2. The van der Waals surface area contributed by atoms with E-state index in [0.29, 0.717) is 23.4 Å². The van der Waals surface area contributed by atoms with E-state index >= 15 is 0 Å². The maximum absolute atomic E-state index is 11.5. The molecule has 4 nitrogen and oxygen atoms in total. The Kier molecular flexibility index (Phi) is 5.47. The van der Waals surface area contributed by atoms with Crippen LogP contribution in [0.2, 0.25) is 0 Å². The molecular weight excluding hydrogens is 406 g/mol. The van der Waals surface area contributed by atoms with Crippen LogP contribution in [0.3, 0.4) is 0 Å². The molecule has 3 fully saturated rings. The third-order valence-electron chi connectivity index (χ3n) is 9.48. The van der Waals surface area contributed by atoms with Gasteiger partial charge in [-0.3, -0.25) is 4.79 Å².